The van der Waals surface area contributed by atoms with Crippen molar-refractivity contribution < 1.29 is 14.3 Å². The second kappa shape index (κ2) is 10.2. The van der Waals surface area contributed by atoms with E-state index in [-0.39, 0.29) is 11.8 Å². The molecular weight excluding hydrogens is 422 g/mol. The van der Waals surface area contributed by atoms with Crippen molar-refractivity contribution in [2.75, 3.05) is 11.9 Å². The first kappa shape index (κ1) is 21.8. The summed E-state index contributed by atoms with van der Waals surface area (Å²) in [6.07, 6.45) is 4.79. The Hall–Kier alpha value is -3.45. The number of thiazole rings is 1. The van der Waals surface area contributed by atoms with E-state index < -0.39 is 0 Å². The van der Waals surface area contributed by atoms with Crippen LogP contribution in [0, 0.1) is 6.92 Å². The van der Waals surface area contributed by atoms with E-state index in [0.717, 1.165) is 40.5 Å². The van der Waals surface area contributed by atoms with Crippen LogP contribution in [0.3, 0.4) is 0 Å². The molecule has 3 aromatic rings. The van der Waals surface area contributed by atoms with Gasteiger partial charge in [0, 0.05) is 36.7 Å². The fourth-order valence-electron chi connectivity index (χ4n) is 3.53. The molecule has 6 nitrogen and oxygen atoms in total. The first-order valence-corrected chi connectivity index (χ1v) is 11.4. The van der Waals surface area contributed by atoms with E-state index in [9.17, 15) is 9.59 Å². The molecule has 7 heteroatoms. The molecule has 4 rings (SSSR count). The topological polar surface area (TPSA) is 71.5 Å². The van der Waals surface area contributed by atoms with Gasteiger partial charge in [-0.3, -0.25) is 9.59 Å². The van der Waals surface area contributed by atoms with Gasteiger partial charge in [-0.1, -0.05) is 24.3 Å². The number of carbonyl (C=O) groups is 2. The molecule has 1 aromatic heterocycles. The summed E-state index contributed by atoms with van der Waals surface area (Å²) in [4.78, 5) is 30.5. The number of benzene rings is 2. The summed E-state index contributed by atoms with van der Waals surface area (Å²) >= 11 is 1.60. The van der Waals surface area contributed by atoms with Gasteiger partial charge in [-0.25, -0.2) is 4.98 Å². The standard InChI is InChI=1S/C25H25N3O3S/c1-18-26-22(17-32-18)16-31-23-8-3-5-19(14-23)10-11-24(29)27-21-7-2-6-20(13-21)15-28-12-4-9-25(28)30/h2-3,5-8,10-11,13-14,17H,4,9,12,15-16H2,1H3,(H,27,29)/b11-10+. The van der Waals surface area contributed by atoms with Gasteiger partial charge in [0.2, 0.25) is 11.8 Å². The highest BCUT2D eigenvalue weighted by Gasteiger charge is 2.19. The number of rotatable bonds is 8. The van der Waals surface area contributed by atoms with Gasteiger partial charge in [0.25, 0.3) is 0 Å². The average Bonchev–Trinajstić information content (AvgIpc) is 3.39. The van der Waals surface area contributed by atoms with Crippen molar-refractivity contribution >= 4 is 34.9 Å². The second-order valence-corrected chi connectivity index (χ2v) is 8.72. The van der Waals surface area contributed by atoms with Crippen LogP contribution in [-0.4, -0.2) is 28.2 Å². The number of nitrogens with zero attached hydrogens (tertiary/aromatic N) is 2. The third kappa shape index (κ3) is 6.04. The highest BCUT2D eigenvalue weighted by molar-refractivity contribution is 7.09. The Morgan fingerprint density at radius 1 is 1.25 bits per heavy atom. The number of likely N-dealkylation sites (tertiary alicyclic amines) is 1. The van der Waals surface area contributed by atoms with Crippen molar-refractivity contribution in [2.45, 2.75) is 32.9 Å². The number of aromatic nitrogens is 1. The minimum Gasteiger partial charge on any atom is -0.487 e. The molecule has 2 heterocycles. The average molecular weight is 448 g/mol. The van der Waals surface area contributed by atoms with Gasteiger partial charge >= 0.3 is 0 Å². The molecule has 0 atom stereocenters. The van der Waals surface area contributed by atoms with Gasteiger partial charge in [0.1, 0.15) is 12.4 Å². The lowest BCUT2D eigenvalue weighted by molar-refractivity contribution is -0.128. The van der Waals surface area contributed by atoms with E-state index in [4.69, 9.17) is 4.74 Å². The van der Waals surface area contributed by atoms with Crippen molar-refractivity contribution in [3.8, 4) is 5.75 Å². The summed E-state index contributed by atoms with van der Waals surface area (Å²) in [5.41, 5.74) is 3.49. The minimum absolute atomic E-state index is 0.190. The zero-order chi connectivity index (χ0) is 22.3. The van der Waals surface area contributed by atoms with Crippen LogP contribution < -0.4 is 10.1 Å². The van der Waals surface area contributed by atoms with Crippen LogP contribution in [-0.2, 0) is 22.7 Å². The van der Waals surface area contributed by atoms with Crippen LogP contribution in [0.2, 0.25) is 0 Å². The van der Waals surface area contributed by atoms with E-state index in [0.29, 0.717) is 25.3 Å². The molecule has 0 saturated carbocycles. The maximum Gasteiger partial charge on any atom is 0.248 e. The molecule has 2 amide bonds. The van der Waals surface area contributed by atoms with Crippen LogP contribution in [0.5, 0.6) is 5.75 Å². The third-order valence-corrected chi connectivity index (χ3v) is 5.90. The predicted octanol–water partition coefficient (Wildman–Crippen LogP) is 4.80. The molecule has 1 aliphatic rings. The lowest BCUT2D eigenvalue weighted by Crippen LogP contribution is -2.23. The van der Waals surface area contributed by atoms with E-state index >= 15 is 0 Å². The lowest BCUT2D eigenvalue weighted by Gasteiger charge is -2.16. The SMILES string of the molecule is Cc1nc(COc2cccc(/C=C/C(=O)Nc3cccc(CN4CCCC4=O)c3)c2)cs1. The number of amides is 2. The fraction of sp³-hybridized carbons (Fsp3) is 0.240. The number of hydrogen-bond acceptors (Lipinski definition) is 5. The molecule has 0 radical (unpaired) electrons. The third-order valence-electron chi connectivity index (χ3n) is 5.08. The van der Waals surface area contributed by atoms with Crippen LogP contribution >= 0.6 is 11.3 Å². The number of aryl methyl sites for hydroxylation is 1. The van der Waals surface area contributed by atoms with Gasteiger partial charge in [0.15, 0.2) is 0 Å². The summed E-state index contributed by atoms with van der Waals surface area (Å²) in [7, 11) is 0. The molecule has 164 valence electrons. The van der Waals surface area contributed by atoms with E-state index in [1.165, 1.54) is 6.08 Å². The van der Waals surface area contributed by atoms with E-state index in [2.05, 4.69) is 10.3 Å². The first-order valence-electron chi connectivity index (χ1n) is 10.5. The summed E-state index contributed by atoms with van der Waals surface area (Å²) < 4.78 is 5.81. The van der Waals surface area contributed by atoms with Crippen LogP contribution in [0.4, 0.5) is 5.69 Å². The van der Waals surface area contributed by atoms with E-state index in [1.807, 2.05) is 65.7 Å². The zero-order valence-corrected chi connectivity index (χ0v) is 18.7. The number of ether oxygens (including phenoxy) is 1. The second-order valence-electron chi connectivity index (χ2n) is 7.66. The molecule has 1 aliphatic heterocycles. The molecule has 32 heavy (non-hydrogen) atoms. The Kier molecular flexibility index (Phi) is 6.97. The molecule has 2 aromatic carbocycles. The van der Waals surface area contributed by atoms with Gasteiger partial charge in [-0.2, -0.15) is 0 Å². The van der Waals surface area contributed by atoms with Gasteiger partial charge < -0.3 is 15.0 Å². The molecule has 1 fully saturated rings. The van der Waals surface area contributed by atoms with Crippen molar-refractivity contribution in [1.82, 2.24) is 9.88 Å². The fourth-order valence-corrected chi connectivity index (χ4v) is 4.13. The summed E-state index contributed by atoms with van der Waals surface area (Å²) in [6, 6.07) is 15.2. The number of hydrogen-bond donors (Lipinski definition) is 1. The Labute approximate surface area is 191 Å². The molecule has 0 aliphatic carbocycles. The van der Waals surface area contributed by atoms with Gasteiger partial charge in [-0.15, -0.1) is 11.3 Å². The van der Waals surface area contributed by atoms with Gasteiger partial charge in [0.05, 0.1) is 10.7 Å². The van der Waals surface area contributed by atoms with Crippen molar-refractivity contribution in [3.05, 3.63) is 81.8 Å². The van der Waals surface area contributed by atoms with Crippen LogP contribution in [0.25, 0.3) is 6.08 Å². The maximum atomic E-state index is 12.4. The van der Waals surface area contributed by atoms with E-state index in [1.54, 1.807) is 17.4 Å². The van der Waals surface area contributed by atoms with Crippen molar-refractivity contribution in [1.29, 1.82) is 0 Å². The van der Waals surface area contributed by atoms with Crippen molar-refractivity contribution in [2.24, 2.45) is 0 Å². The van der Waals surface area contributed by atoms with Crippen LogP contribution in [0.15, 0.2) is 60.0 Å². The maximum absolute atomic E-state index is 12.4. The number of anilines is 1. The highest BCUT2D eigenvalue weighted by Crippen LogP contribution is 2.19. The minimum atomic E-state index is -0.219. The quantitative estimate of drug-likeness (QED) is 0.503. The lowest BCUT2D eigenvalue weighted by atomic mass is 10.2. The largest absolute Gasteiger partial charge is 0.487 e. The smallest absolute Gasteiger partial charge is 0.248 e. The van der Waals surface area contributed by atoms with Crippen LogP contribution in [0.1, 0.15) is 34.7 Å². The molecule has 1 N–H and O–H groups in total. The van der Waals surface area contributed by atoms with Crippen molar-refractivity contribution in [3.63, 3.8) is 0 Å². The monoisotopic (exact) mass is 447 g/mol. The molecule has 1 saturated heterocycles. The number of carbonyl (C=O) groups excluding carboxylic acids is 2. The Morgan fingerprint density at radius 2 is 2.12 bits per heavy atom. The Morgan fingerprint density at radius 3 is 2.91 bits per heavy atom. The highest BCUT2D eigenvalue weighted by atomic mass is 32.1. The molecular formula is C25H25N3O3S. The summed E-state index contributed by atoms with van der Waals surface area (Å²) in [6.45, 7) is 3.75. The molecule has 0 spiro atoms. The normalized spacial score (nSPS) is 13.7. The summed E-state index contributed by atoms with van der Waals surface area (Å²) in [5, 5.41) is 5.89. The molecule has 0 unspecified atom stereocenters. The first-order chi connectivity index (χ1) is 15.5. The molecule has 0 bridgehead atoms. The van der Waals surface area contributed by atoms with Gasteiger partial charge in [-0.05, 0) is 54.8 Å². The zero-order valence-electron chi connectivity index (χ0n) is 17.9. The Bertz CT molecular complexity index is 1140. The Balaban J connectivity index is 1.32. The number of nitrogens with one attached hydrogen (secondary N) is 1. The summed E-state index contributed by atoms with van der Waals surface area (Å²) in [5.74, 6) is 0.696. The predicted molar refractivity (Wildman–Crippen MR) is 126 cm³/mol.